The van der Waals surface area contributed by atoms with Crippen LogP contribution in [0.5, 0.6) is 0 Å². The summed E-state index contributed by atoms with van der Waals surface area (Å²) >= 11 is 0. The number of hydrogen-bond acceptors (Lipinski definition) is 3. The van der Waals surface area contributed by atoms with Crippen molar-refractivity contribution < 1.29 is 14.2 Å². The van der Waals surface area contributed by atoms with Gasteiger partial charge in [0.15, 0.2) is 0 Å². The Morgan fingerprint density at radius 1 is 1.00 bits per heavy atom. The van der Waals surface area contributed by atoms with E-state index in [-0.39, 0.29) is 5.82 Å². The predicted molar refractivity (Wildman–Crippen MR) is 108 cm³/mol. The van der Waals surface area contributed by atoms with E-state index < -0.39 is 6.10 Å². The Balaban J connectivity index is 1.73. The molecule has 3 rings (SSSR count). The molecule has 2 aromatic carbocycles. The fourth-order valence-electron chi connectivity index (χ4n) is 3.38. The maximum atomic E-state index is 13.5. The van der Waals surface area contributed by atoms with E-state index in [1.54, 1.807) is 19.2 Å². The number of methoxy groups -OCH3 is 1. The molecule has 1 atom stereocenters. The fourth-order valence-corrected chi connectivity index (χ4v) is 3.38. The number of nitrogens with zero attached hydrogens (tertiary/aromatic N) is 2. The van der Waals surface area contributed by atoms with Gasteiger partial charge in [0, 0.05) is 45.2 Å². The number of aliphatic hydroxyl groups excluding tert-OH is 1. The van der Waals surface area contributed by atoms with Crippen LogP contribution in [0.2, 0.25) is 0 Å². The van der Waals surface area contributed by atoms with Crippen molar-refractivity contribution in [3.05, 3.63) is 95.6 Å². The lowest BCUT2D eigenvalue weighted by molar-refractivity contribution is 0.0333. The van der Waals surface area contributed by atoms with E-state index in [0.717, 1.165) is 17.8 Å². The third-order valence-corrected chi connectivity index (χ3v) is 4.63. The molecule has 0 amide bonds. The molecule has 4 nitrogen and oxygen atoms in total. The summed E-state index contributed by atoms with van der Waals surface area (Å²) in [6.45, 7) is 2.83. The van der Waals surface area contributed by atoms with Gasteiger partial charge < -0.3 is 14.4 Å². The van der Waals surface area contributed by atoms with Gasteiger partial charge in [-0.25, -0.2) is 4.39 Å². The van der Waals surface area contributed by atoms with Crippen molar-refractivity contribution in [3.8, 4) is 0 Å². The minimum absolute atomic E-state index is 0.223. The van der Waals surface area contributed by atoms with Crippen molar-refractivity contribution in [2.75, 3.05) is 20.3 Å². The van der Waals surface area contributed by atoms with Crippen LogP contribution in [0.4, 0.5) is 4.39 Å². The van der Waals surface area contributed by atoms with Crippen LogP contribution in [0, 0.1) is 5.82 Å². The van der Waals surface area contributed by atoms with Crippen molar-refractivity contribution in [3.63, 3.8) is 0 Å². The minimum Gasteiger partial charge on any atom is -0.389 e. The molecular weight excluding hydrogens is 355 g/mol. The lowest BCUT2D eigenvalue weighted by atomic mass is 10.2. The van der Waals surface area contributed by atoms with Gasteiger partial charge in [0.25, 0.3) is 0 Å². The third-order valence-electron chi connectivity index (χ3n) is 4.63. The van der Waals surface area contributed by atoms with E-state index in [4.69, 9.17) is 4.74 Å². The van der Waals surface area contributed by atoms with Crippen LogP contribution in [-0.2, 0) is 24.4 Å². The summed E-state index contributed by atoms with van der Waals surface area (Å²) in [6.07, 6.45) is 1.45. The molecule has 0 aliphatic rings. The van der Waals surface area contributed by atoms with E-state index in [2.05, 4.69) is 27.7 Å². The average molecular weight is 382 g/mol. The van der Waals surface area contributed by atoms with E-state index in [0.29, 0.717) is 26.2 Å². The highest BCUT2D eigenvalue weighted by Gasteiger charge is 2.15. The van der Waals surface area contributed by atoms with Crippen molar-refractivity contribution in [1.29, 1.82) is 0 Å². The monoisotopic (exact) mass is 382 g/mol. The summed E-state index contributed by atoms with van der Waals surface area (Å²) in [5.74, 6) is -0.223. The van der Waals surface area contributed by atoms with Crippen LogP contribution in [-0.4, -0.2) is 40.9 Å². The number of hydrogen-bond donors (Lipinski definition) is 1. The van der Waals surface area contributed by atoms with Gasteiger partial charge in [-0.1, -0.05) is 42.5 Å². The normalized spacial score (nSPS) is 12.4. The van der Waals surface area contributed by atoms with Crippen LogP contribution in [0.3, 0.4) is 0 Å². The quantitative estimate of drug-likeness (QED) is 0.581. The van der Waals surface area contributed by atoms with Crippen LogP contribution in [0.1, 0.15) is 16.8 Å². The molecule has 0 spiro atoms. The fraction of sp³-hybridized carbons (Fsp3) is 0.304. The van der Waals surface area contributed by atoms with Crippen LogP contribution in [0.15, 0.2) is 72.9 Å². The summed E-state index contributed by atoms with van der Waals surface area (Å²) < 4.78 is 20.7. The smallest absolute Gasteiger partial charge is 0.123 e. The number of halogens is 1. The maximum Gasteiger partial charge on any atom is 0.123 e. The molecule has 28 heavy (non-hydrogen) atoms. The zero-order chi connectivity index (χ0) is 19.8. The van der Waals surface area contributed by atoms with Gasteiger partial charge in [-0.05, 0) is 35.4 Å². The van der Waals surface area contributed by atoms with Crippen molar-refractivity contribution in [2.45, 2.75) is 25.7 Å². The average Bonchev–Trinajstić information content (AvgIpc) is 3.09. The molecule has 0 radical (unpaired) electrons. The van der Waals surface area contributed by atoms with Gasteiger partial charge >= 0.3 is 0 Å². The van der Waals surface area contributed by atoms with Crippen LogP contribution in [0.25, 0.3) is 0 Å². The first-order chi connectivity index (χ1) is 13.6. The molecule has 1 aromatic heterocycles. The first kappa shape index (κ1) is 20.3. The van der Waals surface area contributed by atoms with E-state index in [1.165, 1.54) is 11.6 Å². The van der Waals surface area contributed by atoms with E-state index in [9.17, 15) is 9.50 Å². The number of aromatic nitrogens is 1. The SMILES string of the molecule is COC[C@@H](O)CN(Cc1ccccc1)Cc1cccn1Cc1cccc(F)c1. The van der Waals surface area contributed by atoms with E-state index in [1.807, 2.05) is 36.5 Å². The molecule has 0 bridgehead atoms. The van der Waals surface area contributed by atoms with Gasteiger partial charge in [0.05, 0.1) is 12.7 Å². The van der Waals surface area contributed by atoms with Crippen molar-refractivity contribution >= 4 is 0 Å². The molecule has 5 heteroatoms. The molecule has 0 aliphatic carbocycles. The number of rotatable bonds is 10. The highest BCUT2D eigenvalue weighted by molar-refractivity contribution is 5.19. The number of aliphatic hydroxyl groups is 1. The Morgan fingerprint density at radius 2 is 1.79 bits per heavy atom. The van der Waals surface area contributed by atoms with E-state index >= 15 is 0 Å². The Hall–Kier alpha value is -2.47. The van der Waals surface area contributed by atoms with Gasteiger partial charge in [0.2, 0.25) is 0 Å². The molecule has 3 aromatic rings. The lowest BCUT2D eigenvalue weighted by Gasteiger charge is -2.25. The van der Waals surface area contributed by atoms with Gasteiger partial charge in [-0.3, -0.25) is 4.90 Å². The summed E-state index contributed by atoms with van der Waals surface area (Å²) in [6, 6.07) is 21.0. The summed E-state index contributed by atoms with van der Waals surface area (Å²) in [7, 11) is 1.59. The molecule has 1 heterocycles. The van der Waals surface area contributed by atoms with Crippen molar-refractivity contribution in [2.24, 2.45) is 0 Å². The molecule has 1 N–H and O–H groups in total. The third kappa shape index (κ3) is 6.02. The molecule has 0 unspecified atom stereocenters. The predicted octanol–water partition coefficient (Wildman–Crippen LogP) is 3.69. The summed E-state index contributed by atoms with van der Waals surface area (Å²) in [5.41, 5.74) is 3.23. The molecule has 0 saturated carbocycles. The Morgan fingerprint density at radius 3 is 2.54 bits per heavy atom. The molecular formula is C23H27FN2O2. The second-order valence-electron chi connectivity index (χ2n) is 7.02. The van der Waals surface area contributed by atoms with Gasteiger partial charge in [0.1, 0.15) is 5.82 Å². The Bertz CT molecular complexity index is 851. The molecule has 148 valence electrons. The van der Waals surface area contributed by atoms with Crippen molar-refractivity contribution in [1.82, 2.24) is 9.47 Å². The Labute approximate surface area is 165 Å². The zero-order valence-corrected chi connectivity index (χ0v) is 16.2. The standard InChI is InChI=1S/C23H27FN2O2/c1-28-18-23(27)17-25(14-19-7-3-2-4-8-19)16-22-11-6-12-26(22)15-20-9-5-10-21(24)13-20/h2-13,23,27H,14-18H2,1H3/t23-/m0/s1. The zero-order valence-electron chi connectivity index (χ0n) is 16.2. The topological polar surface area (TPSA) is 37.6 Å². The number of ether oxygens (including phenoxy) is 1. The first-order valence-corrected chi connectivity index (χ1v) is 9.46. The second-order valence-corrected chi connectivity index (χ2v) is 7.02. The first-order valence-electron chi connectivity index (χ1n) is 9.46. The summed E-state index contributed by atoms with van der Waals surface area (Å²) in [4.78, 5) is 2.20. The highest BCUT2D eigenvalue weighted by Crippen LogP contribution is 2.14. The van der Waals surface area contributed by atoms with Crippen LogP contribution < -0.4 is 0 Å². The lowest BCUT2D eigenvalue weighted by Crippen LogP contribution is -2.34. The number of benzene rings is 2. The molecule has 0 fully saturated rings. The minimum atomic E-state index is -0.555. The maximum absolute atomic E-state index is 13.5. The highest BCUT2D eigenvalue weighted by atomic mass is 19.1. The second kappa shape index (κ2) is 10.2. The molecule has 0 aliphatic heterocycles. The largest absolute Gasteiger partial charge is 0.389 e. The Kier molecular flexibility index (Phi) is 7.37. The van der Waals surface area contributed by atoms with Gasteiger partial charge in [-0.15, -0.1) is 0 Å². The molecule has 0 saturated heterocycles. The van der Waals surface area contributed by atoms with Crippen LogP contribution >= 0.6 is 0 Å². The van der Waals surface area contributed by atoms with Gasteiger partial charge in [-0.2, -0.15) is 0 Å². The summed E-state index contributed by atoms with van der Waals surface area (Å²) in [5, 5.41) is 10.2.